The van der Waals surface area contributed by atoms with Gasteiger partial charge < -0.3 is 5.73 Å². The van der Waals surface area contributed by atoms with Crippen molar-refractivity contribution in [2.75, 3.05) is 5.73 Å². The topological polar surface area (TPSA) is 26.0 Å². The van der Waals surface area contributed by atoms with E-state index >= 15 is 0 Å². The van der Waals surface area contributed by atoms with Crippen molar-refractivity contribution in [1.29, 1.82) is 0 Å². The van der Waals surface area contributed by atoms with E-state index in [1.165, 1.54) is 12.1 Å². The molecule has 0 aliphatic heterocycles. The van der Waals surface area contributed by atoms with E-state index in [0.717, 1.165) is 5.56 Å². The smallest absolute Gasteiger partial charge is 0.123 e. The zero-order valence-corrected chi connectivity index (χ0v) is 8.63. The zero-order chi connectivity index (χ0) is 10.8. The highest BCUT2D eigenvalue weighted by atomic mass is 35.5. The molecule has 0 atom stereocenters. The first-order valence-electron chi connectivity index (χ1n) is 4.48. The number of benzene rings is 2. The van der Waals surface area contributed by atoms with Crippen LogP contribution in [0.5, 0.6) is 0 Å². The maximum Gasteiger partial charge on any atom is 0.123 e. The van der Waals surface area contributed by atoms with Crippen LogP contribution < -0.4 is 5.73 Å². The van der Waals surface area contributed by atoms with Crippen LogP contribution in [-0.2, 0) is 0 Å². The number of nitrogen functional groups attached to an aromatic ring is 1. The standard InChI is InChI=1S/C12H9ClFN/c13-12-6-3-9(14)7-11(12)8-1-4-10(15)5-2-8/h1-7H,15H2. The molecule has 76 valence electrons. The van der Waals surface area contributed by atoms with Crippen molar-refractivity contribution in [2.24, 2.45) is 0 Å². The number of rotatable bonds is 1. The van der Waals surface area contributed by atoms with E-state index < -0.39 is 0 Å². The van der Waals surface area contributed by atoms with Gasteiger partial charge in [-0.25, -0.2) is 4.39 Å². The number of nitrogens with two attached hydrogens (primary N) is 1. The Morgan fingerprint density at radius 3 is 2.33 bits per heavy atom. The van der Waals surface area contributed by atoms with Crippen LogP contribution in [0.3, 0.4) is 0 Å². The van der Waals surface area contributed by atoms with Crippen molar-refractivity contribution in [3.63, 3.8) is 0 Å². The summed E-state index contributed by atoms with van der Waals surface area (Å²) < 4.78 is 13.0. The minimum Gasteiger partial charge on any atom is -0.399 e. The summed E-state index contributed by atoms with van der Waals surface area (Å²) in [5.74, 6) is -0.300. The molecule has 0 aliphatic rings. The lowest BCUT2D eigenvalue weighted by Crippen LogP contribution is -1.85. The number of halogens is 2. The predicted octanol–water partition coefficient (Wildman–Crippen LogP) is 3.73. The van der Waals surface area contributed by atoms with Crippen LogP contribution in [-0.4, -0.2) is 0 Å². The lowest BCUT2D eigenvalue weighted by molar-refractivity contribution is 0.628. The van der Waals surface area contributed by atoms with E-state index in [1.54, 1.807) is 18.2 Å². The van der Waals surface area contributed by atoms with Crippen LogP contribution in [0.25, 0.3) is 11.1 Å². The van der Waals surface area contributed by atoms with Gasteiger partial charge >= 0.3 is 0 Å². The van der Waals surface area contributed by atoms with E-state index in [4.69, 9.17) is 17.3 Å². The molecule has 2 rings (SSSR count). The molecule has 0 saturated heterocycles. The predicted molar refractivity (Wildman–Crippen MR) is 61.3 cm³/mol. The van der Waals surface area contributed by atoms with Gasteiger partial charge in [0.05, 0.1) is 0 Å². The van der Waals surface area contributed by atoms with Gasteiger partial charge in [0.2, 0.25) is 0 Å². The van der Waals surface area contributed by atoms with Gasteiger partial charge in [0, 0.05) is 16.3 Å². The Morgan fingerprint density at radius 1 is 1.00 bits per heavy atom. The van der Waals surface area contributed by atoms with Crippen molar-refractivity contribution in [2.45, 2.75) is 0 Å². The summed E-state index contributed by atoms with van der Waals surface area (Å²) in [6.45, 7) is 0. The average Bonchev–Trinajstić information content (AvgIpc) is 2.23. The quantitative estimate of drug-likeness (QED) is 0.730. The lowest BCUT2D eigenvalue weighted by Gasteiger charge is -2.04. The highest BCUT2D eigenvalue weighted by molar-refractivity contribution is 6.33. The molecular formula is C12H9ClFN. The van der Waals surface area contributed by atoms with E-state index in [2.05, 4.69) is 0 Å². The Balaban J connectivity index is 2.53. The van der Waals surface area contributed by atoms with Crippen LogP contribution in [0.1, 0.15) is 0 Å². The minimum atomic E-state index is -0.300. The third-order valence-electron chi connectivity index (χ3n) is 2.15. The maximum atomic E-state index is 13.0. The summed E-state index contributed by atoms with van der Waals surface area (Å²) in [6, 6.07) is 11.4. The fraction of sp³-hybridized carbons (Fsp3) is 0. The van der Waals surface area contributed by atoms with Crippen LogP contribution in [0, 0.1) is 5.82 Å². The fourth-order valence-electron chi connectivity index (χ4n) is 1.38. The molecular weight excluding hydrogens is 213 g/mol. The van der Waals surface area contributed by atoms with E-state index in [1.807, 2.05) is 12.1 Å². The first kappa shape index (κ1) is 9.99. The third kappa shape index (κ3) is 2.10. The van der Waals surface area contributed by atoms with Crippen LogP contribution in [0.4, 0.5) is 10.1 Å². The van der Waals surface area contributed by atoms with Gasteiger partial charge in [-0.05, 0) is 35.9 Å². The summed E-state index contributed by atoms with van der Waals surface area (Å²) >= 11 is 5.97. The van der Waals surface area contributed by atoms with Gasteiger partial charge in [-0.3, -0.25) is 0 Å². The van der Waals surface area contributed by atoms with Crippen LogP contribution in [0.2, 0.25) is 5.02 Å². The molecule has 0 saturated carbocycles. The molecule has 0 unspecified atom stereocenters. The summed E-state index contributed by atoms with van der Waals surface area (Å²) in [6.07, 6.45) is 0. The van der Waals surface area contributed by atoms with E-state index in [-0.39, 0.29) is 5.82 Å². The monoisotopic (exact) mass is 221 g/mol. The first-order chi connectivity index (χ1) is 7.16. The normalized spacial score (nSPS) is 10.3. The molecule has 0 aliphatic carbocycles. The average molecular weight is 222 g/mol. The fourth-order valence-corrected chi connectivity index (χ4v) is 1.61. The largest absolute Gasteiger partial charge is 0.399 e. The SMILES string of the molecule is Nc1ccc(-c2cc(F)ccc2Cl)cc1. The van der Waals surface area contributed by atoms with Gasteiger partial charge in [0.25, 0.3) is 0 Å². The molecule has 0 heterocycles. The Kier molecular flexibility index (Phi) is 2.60. The van der Waals surface area contributed by atoms with Crippen molar-refractivity contribution in [3.05, 3.63) is 53.3 Å². The molecule has 1 nitrogen and oxygen atoms in total. The van der Waals surface area contributed by atoms with Gasteiger partial charge in [0.15, 0.2) is 0 Å². The highest BCUT2D eigenvalue weighted by Gasteiger charge is 2.04. The molecule has 0 bridgehead atoms. The molecule has 2 aromatic carbocycles. The summed E-state index contributed by atoms with van der Waals surface area (Å²) in [5, 5.41) is 0.529. The summed E-state index contributed by atoms with van der Waals surface area (Å²) in [4.78, 5) is 0. The number of hydrogen-bond donors (Lipinski definition) is 1. The van der Waals surface area contributed by atoms with E-state index in [0.29, 0.717) is 16.3 Å². The molecule has 0 amide bonds. The molecule has 3 heteroatoms. The number of hydrogen-bond acceptors (Lipinski definition) is 1. The highest BCUT2D eigenvalue weighted by Crippen LogP contribution is 2.28. The van der Waals surface area contributed by atoms with Crippen molar-refractivity contribution in [1.82, 2.24) is 0 Å². The second-order valence-electron chi connectivity index (χ2n) is 3.25. The molecule has 0 radical (unpaired) electrons. The summed E-state index contributed by atoms with van der Waals surface area (Å²) in [7, 11) is 0. The third-order valence-corrected chi connectivity index (χ3v) is 2.48. The van der Waals surface area contributed by atoms with Crippen molar-refractivity contribution >= 4 is 17.3 Å². The van der Waals surface area contributed by atoms with Crippen molar-refractivity contribution < 1.29 is 4.39 Å². The second kappa shape index (κ2) is 3.91. The second-order valence-corrected chi connectivity index (χ2v) is 3.65. The Labute approximate surface area is 92.3 Å². The summed E-state index contributed by atoms with van der Waals surface area (Å²) in [5.41, 5.74) is 7.77. The molecule has 15 heavy (non-hydrogen) atoms. The molecule has 2 aromatic rings. The molecule has 0 spiro atoms. The van der Waals surface area contributed by atoms with E-state index in [9.17, 15) is 4.39 Å². The molecule has 0 aromatic heterocycles. The van der Waals surface area contributed by atoms with Crippen LogP contribution in [0.15, 0.2) is 42.5 Å². The molecule has 0 fully saturated rings. The van der Waals surface area contributed by atoms with Crippen molar-refractivity contribution in [3.8, 4) is 11.1 Å². The Bertz CT molecular complexity index is 479. The van der Waals surface area contributed by atoms with Gasteiger partial charge in [-0.2, -0.15) is 0 Å². The maximum absolute atomic E-state index is 13.0. The first-order valence-corrected chi connectivity index (χ1v) is 4.85. The minimum absolute atomic E-state index is 0.300. The Morgan fingerprint density at radius 2 is 1.67 bits per heavy atom. The lowest BCUT2D eigenvalue weighted by atomic mass is 10.1. The number of anilines is 1. The van der Waals surface area contributed by atoms with Gasteiger partial charge in [0.1, 0.15) is 5.82 Å². The zero-order valence-electron chi connectivity index (χ0n) is 7.87. The molecule has 2 N–H and O–H groups in total. The van der Waals surface area contributed by atoms with Gasteiger partial charge in [-0.1, -0.05) is 23.7 Å². The van der Waals surface area contributed by atoms with Gasteiger partial charge in [-0.15, -0.1) is 0 Å². The van der Waals surface area contributed by atoms with Crippen LogP contribution >= 0.6 is 11.6 Å². The Hall–Kier alpha value is -1.54.